The van der Waals surface area contributed by atoms with Crippen LogP contribution in [0.2, 0.25) is 0 Å². The third-order valence-corrected chi connectivity index (χ3v) is 4.31. The number of imide groups is 1. The van der Waals surface area contributed by atoms with Gasteiger partial charge in [-0.2, -0.15) is 0 Å². The van der Waals surface area contributed by atoms with Crippen molar-refractivity contribution in [3.63, 3.8) is 0 Å². The van der Waals surface area contributed by atoms with Crippen LogP contribution in [0, 0.1) is 6.92 Å². The summed E-state index contributed by atoms with van der Waals surface area (Å²) in [6.45, 7) is 1.69. The van der Waals surface area contributed by atoms with E-state index in [-0.39, 0.29) is 23.2 Å². The number of nitrogens with one attached hydrogen (secondary N) is 3. The molecule has 11 heteroatoms. The fourth-order valence-corrected chi connectivity index (χ4v) is 2.73. The van der Waals surface area contributed by atoms with Gasteiger partial charge in [-0.25, -0.2) is 4.79 Å². The molecule has 2 aromatic rings. The van der Waals surface area contributed by atoms with E-state index in [2.05, 4.69) is 21.1 Å². The van der Waals surface area contributed by atoms with Gasteiger partial charge in [0.2, 0.25) is 12.0 Å². The number of hydrogen-bond acceptors (Lipinski definition) is 8. The van der Waals surface area contributed by atoms with E-state index < -0.39 is 24.0 Å². The summed E-state index contributed by atoms with van der Waals surface area (Å²) >= 11 is 1.01. The van der Waals surface area contributed by atoms with E-state index in [1.54, 1.807) is 43.3 Å². The molecule has 1 atom stereocenters. The largest absolute Gasteiger partial charge is 0.447 e. The molecule has 0 saturated heterocycles. The molecule has 2 rings (SSSR count). The molecule has 4 amide bonds. The van der Waals surface area contributed by atoms with Crippen LogP contribution in [0.15, 0.2) is 40.9 Å². The van der Waals surface area contributed by atoms with Crippen LogP contribution >= 0.6 is 11.8 Å². The Kier molecular flexibility index (Phi) is 8.22. The maximum atomic E-state index is 12.3. The highest BCUT2D eigenvalue weighted by Gasteiger charge is 2.26. The van der Waals surface area contributed by atoms with Crippen molar-refractivity contribution in [2.75, 3.05) is 23.9 Å². The number of esters is 1. The van der Waals surface area contributed by atoms with Crippen LogP contribution in [0.1, 0.15) is 17.4 Å². The minimum atomic E-state index is -1.30. The number of ether oxygens (including phenoxy) is 1. The van der Waals surface area contributed by atoms with Crippen molar-refractivity contribution in [1.82, 2.24) is 15.8 Å². The molecule has 1 aromatic heterocycles. The van der Waals surface area contributed by atoms with E-state index in [0.29, 0.717) is 11.3 Å². The van der Waals surface area contributed by atoms with Crippen molar-refractivity contribution >= 4 is 41.4 Å². The lowest BCUT2D eigenvalue weighted by molar-refractivity contribution is -0.153. The molecule has 0 aliphatic heterocycles. The number of hydrogen-bond donors (Lipinski definition) is 3. The summed E-state index contributed by atoms with van der Waals surface area (Å²) in [6.07, 6.45) is -1.30. The number of carbonyl (C=O) groups excluding carboxylic acids is 4. The Morgan fingerprint density at radius 3 is 2.52 bits per heavy atom. The number of thioether (sulfide) groups is 1. The van der Waals surface area contributed by atoms with Crippen LogP contribution in [0.25, 0.3) is 0 Å². The number of rotatable bonds is 8. The van der Waals surface area contributed by atoms with E-state index >= 15 is 0 Å². The standard InChI is InChI=1S/C18H20N4O6S/c1-11-8-13(22-28-11)20-14(23)9-29-10-15(24)27-16(12-6-4-3-5-7-12)17(25)21-18(26)19-2/h3-8,16H,9-10H2,1-2H3,(H,20,22,23)(H2,19,21,25,26). The molecule has 3 N–H and O–H groups in total. The predicted octanol–water partition coefficient (Wildman–Crippen LogP) is 1.39. The molecule has 29 heavy (non-hydrogen) atoms. The number of aromatic nitrogens is 1. The lowest BCUT2D eigenvalue weighted by atomic mass is 10.1. The molecule has 0 aliphatic carbocycles. The summed E-state index contributed by atoms with van der Waals surface area (Å²) in [5, 5.41) is 10.5. The van der Waals surface area contributed by atoms with Crippen LogP contribution in [-0.4, -0.2) is 47.5 Å². The van der Waals surface area contributed by atoms with E-state index in [9.17, 15) is 19.2 Å². The van der Waals surface area contributed by atoms with Gasteiger partial charge in [-0.05, 0) is 6.92 Å². The van der Waals surface area contributed by atoms with E-state index in [1.807, 2.05) is 0 Å². The summed E-state index contributed by atoms with van der Waals surface area (Å²) in [5.41, 5.74) is 0.409. The van der Waals surface area contributed by atoms with Crippen molar-refractivity contribution in [3.8, 4) is 0 Å². The first-order valence-corrected chi connectivity index (χ1v) is 9.62. The Balaban J connectivity index is 1.87. The van der Waals surface area contributed by atoms with Crippen molar-refractivity contribution in [2.45, 2.75) is 13.0 Å². The van der Waals surface area contributed by atoms with Crippen molar-refractivity contribution in [2.24, 2.45) is 0 Å². The molecule has 1 heterocycles. The maximum absolute atomic E-state index is 12.3. The second kappa shape index (κ2) is 10.9. The van der Waals surface area contributed by atoms with Gasteiger partial charge in [-0.1, -0.05) is 35.5 Å². The van der Waals surface area contributed by atoms with Crippen molar-refractivity contribution in [3.05, 3.63) is 47.7 Å². The second-order valence-corrected chi connectivity index (χ2v) is 6.70. The number of aryl methyl sites for hydroxylation is 1. The van der Waals surface area contributed by atoms with Crippen molar-refractivity contribution < 1.29 is 28.4 Å². The zero-order valence-electron chi connectivity index (χ0n) is 15.8. The van der Waals surface area contributed by atoms with Gasteiger partial charge >= 0.3 is 12.0 Å². The van der Waals surface area contributed by atoms with Gasteiger partial charge in [-0.3, -0.25) is 19.7 Å². The Morgan fingerprint density at radius 1 is 1.17 bits per heavy atom. The highest BCUT2D eigenvalue weighted by Crippen LogP contribution is 2.19. The normalized spacial score (nSPS) is 11.2. The monoisotopic (exact) mass is 420 g/mol. The van der Waals surface area contributed by atoms with Gasteiger partial charge < -0.3 is 19.9 Å². The minimum Gasteiger partial charge on any atom is -0.447 e. The zero-order chi connectivity index (χ0) is 21.2. The van der Waals surface area contributed by atoms with Gasteiger partial charge in [0.15, 0.2) is 5.82 Å². The highest BCUT2D eigenvalue weighted by atomic mass is 32.2. The van der Waals surface area contributed by atoms with Crippen molar-refractivity contribution in [1.29, 1.82) is 0 Å². The van der Waals surface area contributed by atoms with Crippen LogP contribution in [-0.2, 0) is 19.1 Å². The van der Waals surface area contributed by atoms with Gasteiger partial charge in [0.1, 0.15) is 5.76 Å². The summed E-state index contributed by atoms with van der Waals surface area (Å²) in [4.78, 5) is 47.7. The molecular weight excluding hydrogens is 400 g/mol. The Bertz CT molecular complexity index is 870. The zero-order valence-corrected chi connectivity index (χ0v) is 16.6. The molecular formula is C18H20N4O6S. The van der Waals surface area contributed by atoms with Crippen LogP contribution in [0.4, 0.5) is 10.6 Å². The SMILES string of the molecule is CNC(=O)NC(=O)C(OC(=O)CSCC(=O)Nc1cc(C)on1)c1ccccc1. The van der Waals surface area contributed by atoms with Gasteiger partial charge in [-0.15, -0.1) is 11.8 Å². The van der Waals surface area contributed by atoms with Crippen LogP contribution in [0.3, 0.4) is 0 Å². The Labute approximate surface area is 170 Å². The Hall–Kier alpha value is -3.34. The lowest BCUT2D eigenvalue weighted by Gasteiger charge is -2.17. The molecule has 1 unspecified atom stereocenters. The molecule has 10 nitrogen and oxygen atoms in total. The first-order valence-electron chi connectivity index (χ1n) is 8.47. The van der Waals surface area contributed by atoms with E-state index in [4.69, 9.17) is 9.26 Å². The van der Waals surface area contributed by atoms with Crippen LogP contribution in [0.5, 0.6) is 0 Å². The van der Waals surface area contributed by atoms with E-state index in [0.717, 1.165) is 11.8 Å². The lowest BCUT2D eigenvalue weighted by Crippen LogP contribution is -2.41. The number of carbonyl (C=O) groups is 4. The number of benzene rings is 1. The molecule has 0 radical (unpaired) electrons. The number of urea groups is 1. The number of anilines is 1. The molecule has 0 aliphatic rings. The van der Waals surface area contributed by atoms with Gasteiger partial charge in [0.25, 0.3) is 5.91 Å². The number of amides is 4. The second-order valence-electron chi connectivity index (χ2n) is 5.71. The van der Waals surface area contributed by atoms with Crippen LogP contribution < -0.4 is 16.0 Å². The quantitative estimate of drug-likeness (QED) is 0.545. The first kappa shape index (κ1) is 22.0. The first-order chi connectivity index (χ1) is 13.9. The topological polar surface area (TPSA) is 140 Å². The van der Waals surface area contributed by atoms with Gasteiger partial charge in [0, 0.05) is 18.7 Å². The Morgan fingerprint density at radius 2 is 1.90 bits per heavy atom. The predicted molar refractivity (Wildman–Crippen MR) is 105 cm³/mol. The number of nitrogens with zero attached hydrogens (tertiary/aromatic N) is 1. The molecule has 0 spiro atoms. The minimum absolute atomic E-state index is 0.0263. The highest BCUT2D eigenvalue weighted by molar-refractivity contribution is 8.00. The molecule has 0 bridgehead atoms. The van der Waals surface area contributed by atoms with Gasteiger partial charge in [0.05, 0.1) is 11.5 Å². The average molecular weight is 420 g/mol. The summed E-state index contributed by atoms with van der Waals surface area (Å²) < 4.78 is 10.1. The fourth-order valence-electron chi connectivity index (χ4n) is 2.14. The summed E-state index contributed by atoms with van der Waals surface area (Å²) in [5.74, 6) is -1.21. The fraction of sp³-hybridized carbons (Fsp3) is 0.278. The molecule has 0 saturated carbocycles. The third-order valence-electron chi connectivity index (χ3n) is 3.40. The third kappa shape index (κ3) is 7.30. The average Bonchev–Trinajstić information content (AvgIpc) is 3.11. The summed E-state index contributed by atoms with van der Waals surface area (Å²) in [7, 11) is 1.36. The summed E-state index contributed by atoms with van der Waals surface area (Å²) in [6, 6.07) is 9.13. The van der Waals surface area contributed by atoms with E-state index in [1.165, 1.54) is 7.05 Å². The molecule has 0 fully saturated rings. The maximum Gasteiger partial charge on any atom is 0.321 e. The molecule has 154 valence electrons. The smallest absolute Gasteiger partial charge is 0.321 e. The molecule has 1 aromatic carbocycles.